The van der Waals surface area contributed by atoms with Gasteiger partial charge in [0.1, 0.15) is 0 Å². The highest BCUT2D eigenvalue weighted by atomic mass is 16.6. The first-order valence-corrected chi connectivity index (χ1v) is 4.38. The molecule has 8 nitrogen and oxygen atoms in total. The van der Waals surface area contributed by atoms with Gasteiger partial charge in [-0.05, 0) is 4.92 Å². The molecular weight excluding hydrogens is 202 g/mol. The third kappa shape index (κ3) is 2.56. The van der Waals surface area contributed by atoms with Gasteiger partial charge in [0.2, 0.25) is 0 Å². The summed E-state index contributed by atoms with van der Waals surface area (Å²) in [5.41, 5.74) is 5.21. The summed E-state index contributed by atoms with van der Waals surface area (Å²) in [7, 11) is 1.65. The van der Waals surface area contributed by atoms with Gasteiger partial charge in [0.15, 0.2) is 6.67 Å². The first-order valence-electron chi connectivity index (χ1n) is 4.38. The lowest BCUT2D eigenvalue weighted by Crippen LogP contribution is -2.42. The minimum absolute atomic E-state index is 0.173. The average Bonchev–Trinajstić information content (AvgIpc) is 2.57. The largest absolute Gasteiger partial charge is 0.410 e. The SMILES string of the molecule is CN1C=C([N+](=O)[O-])N(C(=O)NCCN)C1. The van der Waals surface area contributed by atoms with Crippen LogP contribution in [-0.4, -0.2) is 47.6 Å². The number of nitro groups is 1. The molecule has 0 aromatic carbocycles. The Bertz CT molecular complexity index is 303. The first-order chi connectivity index (χ1) is 7.06. The molecule has 0 unspecified atom stereocenters. The maximum atomic E-state index is 11.5. The van der Waals surface area contributed by atoms with Crippen LogP contribution in [0.15, 0.2) is 12.0 Å². The molecule has 84 valence electrons. The van der Waals surface area contributed by atoms with Gasteiger partial charge >= 0.3 is 11.9 Å². The Hall–Kier alpha value is -1.83. The molecule has 2 amide bonds. The number of urea groups is 1. The summed E-state index contributed by atoms with van der Waals surface area (Å²) < 4.78 is 0. The van der Waals surface area contributed by atoms with E-state index in [1.807, 2.05) is 0 Å². The van der Waals surface area contributed by atoms with Crippen LogP contribution in [-0.2, 0) is 0 Å². The summed E-state index contributed by atoms with van der Waals surface area (Å²) in [6.07, 6.45) is 1.31. The molecule has 0 aromatic rings. The lowest BCUT2D eigenvalue weighted by molar-refractivity contribution is -0.440. The monoisotopic (exact) mass is 215 g/mol. The summed E-state index contributed by atoms with van der Waals surface area (Å²) in [4.78, 5) is 24.1. The van der Waals surface area contributed by atoms with E-state index < -0.39 is 11.0 Å². The molecule has 1 heterocycles. The number of hydrogen-bond donors (Lipinski definition) is 2. The minimum atomic E-state index is -0.592. The van der Waals surface area contributed by atoms with Crippen LogP contribution in [0.2, 0.25) is 0 Å². The number of nitrogens with zero attached hydrogens (tertiary/aromatic N) is 3. The topological polar surface area (TPSA) is 105 Å². The zero-order valence-electron chi connectivity index (χ0n) is 8.34. The van der Waals surface area contributed by atoms with E-state index in [0.717, 1.165) is 4.90 Å². The highest BCUT2D eigenvalue weighted by Gasteiger charge is 2.34. The number of amides is 2. The van der Waals surface area contributed by atoms with Crippen LogP contribution >= 0.6 is 0 Å². The lowest BCUT2D eigenvalue weighted by Gasteiger charge is -2.12. The number of carbonyl (C=O) groups excluding carboxylic acids is 1. The van der Waals surface area contributed by atoms with Crippen molar-refractivity contribution in [3.8, 4) is 0 Å². The zero-order valence-corrected chi connectivity index (χ0v) is 8.34. The number of nitrogens with one attached hydrogen (secondary N) is 1. The van der Waals surface area contributed by atoms with Gasteiger partial charge in [-0.3, -0.25) is 0 Å². The normalized spacial score (nSPS) is 15.2. The van der Waals surface area contributed by atoms with Crippen molar-refractivity contribution in [2.45, 2.75) is 0 Å². The second-order valence-electron chi connectivity index (χ2n) is 3.09. The zero-order chi connectivity index (χ0) is 11.4. The van der Waals surface area contributed by atoms with Crippen molar-refractivity contribution in [3.63, 3.8) is 0 Å². The average molecular weight is 215 g/mol. The molecule has 0 bridgehead atoms. The van der Waals surface area contributed by atoms with Gasteiger partial charge in [-0.25, -0.2) is 4.79 Å². The standard InChI is InChI=1S/C7H13N5O3/c1-10-4-6(12(14)15)11(5-10)7(13)9-3-2-8/h4H,2-3,5,8H2,1H3,(H,9,13). The van der Waals surface area contributed by atoms with Crippen LogP contribution < -0.4 is 11.1 Å². The molecule has 0 radical (unpaired) electrons. The van der Waals surface area contributed by atoms with Crippen molar-refractivity contribution >= 4 is 6.03 Å². The van der Waals surface area contributed by atoms with Crippen LogP contribution in [0.1, 0.15) is 0 Å². The fraction of sp³-hybridized carbons (Fsp3) is 0.571. The lowest BCUT2D eigenvalue weighted by atomic mass is 10.6. The van der Waals surface area contributed by atoms with Crippen molar-refractivity contribution in [3.05, 3.63) is 22.1 Å². The van der Waals surface area contributed by atoms with Gasteiger partial charge in [-0.15, -0.1) is 0 Å². The van der Waals surface area contributed by atoms with Gasteiger partial charge < -0.3 is 26.1 Å². The van der Waals surface area contributed by atoms with E-state index in [-0.39, 0.29) is 12.5 Å². The van der Waals surface area contributed by atoms with Crippen LogP contribution in [0.4, 0.5) is 4.79 Å². The molecule has 0 saturated heterocycles. The summed E-state index contributed by atoms with van der Waals surface area (Å²) in [5, 5.41) is 13.1. The molecule has 8 heteroatoms. The predicted molar refractivity (Wildman–Crippen MR) is 52.0 cm³/mol. The molecule has 0 atom stereocenters. The fourth-order valence-electron chi connectivity index (χ4n) is 1.19. The van der Waals surface area contributed by atoms with E-state index in [2.05, 4.69) is 5.32 Å². The summed E-state index contributed by atoms with van der Waals surface area (Å²) in [6, 6.07) is -0.507. The van der Waals surface area contributed by atoms with Gasteiger partial charge in [-0.2, -0.15) is 4.90 Å². The Morgan fingerprint density at radius 2 is 2.47 bits per heavy atom. The number of nitrogens with two attached hydrogens (primary N) is 1. The van der Waals surface area contributed by atoms with E-state index in [1.165, 1.54) is 6.20 Å². The predicted octanol–water partition coefficient (Wildman–Crippen LogP) is -1.06. The smallest absolute Gasteiger partial charge is 0.358 e. The van der Waals surface area contributed by atoms with Gasteiger partial charge in [0, 0.05) is 20.1 Å². The molecule has 1 aliphatic heterocycles. The quantitative estimate of drug-likeness (QED) is 0.461. The van der Waals surface area contributed by atoms with Crippen molar-refractivity contribution in [2.75, 3.05) is 26.8 Å². The molecule has 1 rings (SSSR count). The van der Waals surface area contributed by atoms with Crippen LogP contribution in [0, 0.1) is 10.1 Å². The van der Waals surface area contributed by atoms with Crippen LogP contribution in [0.25, 0.3) is 0 Å². The fourth-order valence-corrected chi connectivity index (χ4v) is 1.19. The Morgan fingerprint density at radius 3 is 3.00 bits per heavy atom. The number of hydrogen-bond acceptors (Lipinski definition) is 5. The van der Waals surface area contributed by atoms with Gasteiger partial charge in [-0.1, -0.05) is 0 Å². The molecule has 15 heavy (non-hydrogen) atoms. The number of rotatable bonds is 3. The number of carbonyl (C=O) groups is 1. The van der Waals surface area contributed by atoms with Crippen molar-refractivity contribution in [2.24, 2.45) is 5.73 Å². The maximum Gasteiger partial charge on any atom is 0.410 e. The van der Waals surface area contributed by atoms with E-state index in [1.54, 1.807) is 11.9 Å². The molecule has 0 aliphatic carbocycles. The van der Waals surface area contributed by atoms with E-state index in [4.69, 9.17) is 5.73 Å². The van der Waals surface area contributed by atoms with Crippen LogP contribution in [0.5, 0.6) is 0 Å². The second-order valence-corrected chi connectivity index (χ2v) is 3.09. The molecule has 0 spiro atoms. The van der Waals surface area contributed by atoms with E-state index in [0.29, 0.717) is 13.1 Å². The molecule has 0 aromatic heterocycles. The Kier molecular flexibility index (Phi) is 3.45. The van der Waals surface area contributed by atoms with Crippen LogP contribution in [0.3, 0.4) is 0 Å². The van der Waals surface area contributed by atoms with Gasteiger partial charge in [0.25, 0.3) is 0 Å². The second kappa shape index (κ2) is 4.60. The summed E-state index contributed by atoms with van der Waals surface area (Å²) in [6.45, 7) is 0.768. The van der Waals surface area contributed by atoms with E-state index >= 15 is 0 Å². The van der Waals surface area contributed by atoms with Gasteiger partial charge in [0.05, 0.1) is 6.20 Å². The summed E-state index contributed by atoms with van der Waals surface area (Å²) in [5.74, 6) is -0.230. The molecule has 0 fully saturated rings. The minimum Gasteiger partial charge on any atom is -0.358 e. The highest BCUT2D eigenvalue weighted by molar-refractivity contribution is 5.76. The highest BCUT2D eigenvalue weighted by Crippen LogP contribution is 2.14. The third-order valence-electron chi connectivity index (χ3n) is 1.83. The van der Waals surface area contributed by atoms with E-state index in [9.17, 15) is 14.9 Å². The Morgan fingerprint density at radius 1 is 1.80 bits per heavy atom. The third-order valence-corrected chi connectivity index (χ3v) is 1.83. The van der Waals surface area contributed by atoms with Crippen molar-refractivity contribution < 1.29 is 9.72 Å². The maximum absolute atomic E-state index is 11.5. The first kappa shape index (κ1) is 11.2. The molecule has 3 N–H and O–H groups in total. The van der Waals surface area contributed by atoms with Crippen molar-refractivity contribution in [1.29, 1.82) is 0 Å². The molecule has 1 aliphatic rings. The Labute approximate surface area is 86.5 Å². The Balaban J connectivity index is 2.66. The van der Waals surface area contributed by atoms with Crippen molar-refractivity contribution in [1.82, 2.24) is 15.1 Å². The molecule has 0 saturated carbocycles. The summed E-state index contributed by atoms with van der Waals surface area (Å²) >= 11 is 0. The molecular formula is C7H13N5O3.